The fourth-order valence-electron chi connectivity index (χ4n) is 3.54. The lowest BCUT2D eigenvalue weighted by Crippen LogP contribution is -2.50. The maximum absolute atomic E-state index is 12.2. The summed E-state index contributed by atoms with van der Waals surface area (Å²) in [5, 5.41) is 12.5. The molecule has 6 nitrogen and oxygen atoms in total. The van der Waals surface area contributed by atoms with Crippen LogP contribution in [0.5, 0.6) is 5.75 Å². The SMILES string of the molecule is Cc1cc(C(=O)NCCC2CN(C3CCOCC3)CCO2)ccc1O. The molecule has 0 saturated carbocycles. The van der Waals surface area contributed by atoms with E-state index in [9.17, 15) is 9.90 Å². The van der Waals surface area contributed by atoms with Gasteiger partial charge in [-0.05, 0) is 49.9 Å². The number of ether oxygens (including phenoxy) is 2. The molecule has 3 rings (SSSR count). The van der Waals surface area contributed by atoms with Crippen LogP contribution in [0.4, 0.5) is 0 Å². The van der Waals surface area contributed by atoms with E-state index in [-0.39, 0.29) is 17.8 Å². The Bertz CT molecular complexity index is 587. The first-order chi connectivity index (χ1) is 12.1. The zero-order valence-electron chi connectivity index (χ0n) is 14.9. The molecule has 1 unspecified atom stereocenters. The Morgan fingerprint density at radius 2 is 2.12 bits per heavy atom. The van der Waals surface area contributed by atoms with Crippen LogP contribution in [0, 0.1) is 6.92 Å². The van der Waals surface area contributed by atoms with Gasteiger partial charge in [0.2, 0.25) is 0 Å². The number of aromatic hydroxyl groups is 1. The van der Waals surface area contributed by atoms with Crippen LogP contribution in [-0.4, -0.2) is 67.5 Å². The molecule has 1 amide bonds. The van der Waals surface area contributed by atoms with Crippen molar-refractivity contribution in [3.8, 4) is 5.75 Å². The maximum atomic E-state index is 12.2. The lowest BCUT2D eigenvalue weighted by molar-refractivity contribution is -0.0636. The van der Waals surface area contributed by atoms with Crippen molar-refractivity contribution in [2.24, 2.45) is 0 Å². The molecule has 2 aliphatic rings. The van der Waals surface area contributed by atoms with Crippen LogP contribution in [0.25, 0.3) is 0 Å². The first-order valence-electron chi connectivity index (χ1n) is 9.14. The Morgan fingerprint density at radius 3 is 2.88 bits per heavy atom. The van der Waals surface area contributed by atoms with Crippen molar-refractivity contribution in [1.29, 1.82) is 0 Å². The third-order valence-electron chi connectivity index (χ3n) is 5.09. The van der Waals surface area contributed by atoms with Gasteiger partial charge < -0.3 is 19.9 Å². The Balaban J connectivity index is 1.43. The molecule has 0 spiro atoms. The summed E-state index contributed by atoms with van der Waals surface area (Å²) in [6.45, 7) is 6.76. The largest absolute Gasteiger partial charge is 0.508 e. The van der Waals surface area contributed by atoms with Crippen molar-refractivity contribution >= 4 is 5.91 Å². The van der Waals surface area contributed by atoms with Crippen molar-refractivity contribution < 1.29 is 19.4 Å². The van der Waals surface area contributed by atoms with Gasteiger partial charge in [0.15, 0.2) is 0 Å². The highest BCUT2D eigenvalue weighted by molar-refractivity contribution is 5.94. The van der Waals surface area contributed by atoms with E-state index in [0.29, 0.717) is 23.7 Å². The van der Waals surface area contributed by atoms with Gasteiger partial charge in [-0.15, -0.1) is 0 Å². The molecule has 6 heteroatoms. The van der Waals surface area contributed by atoms with Crippen molar-refractivity contribution in [3.63, 3.8) is 0 Å². The third kappa shape index (κ3) is 4.93. The van der Waals surface area contributed by atoms with Crippen LogP contribution in [0.2, 0.25) is 0 Å². The Labute approximate surface area is 149 Å². The molecular formula is C19H28N2O4. The molecule has 0 aromatic heterocycles. The highest BCUT2D eigenvalue weighted by atomic mass is 16.5. The molecular weight excluding hydrogens is 320 g/mol. The van der Waals surface area contributed by atoms with Crippen molar-refractivity contribution in [2.75, 3.05) is 39.5 Å². The number of amides is 1. The molecule has 1 atom stereocenters. The van der Waals surface area contributed by atoms with Crippen LogP contribution in [0.15, 0.2) is 18.2 Å². The van der Waals surface area contributed by atoms with E-state index in [4.69, 9.17) is 9.47 Å². The molecule has 0 bridgehead atoms. The van der Waals surface area contributed by atoms with E-state index in [1.165, 1.54) is 0 Å². The minimum absolute atomic E-state index is 0.111. The van der Waals surface area contributed by atoms with Gasteiger partial charge >= 0.3 is 0 Å². The molecule has 1 aromatic carbocycles. The Hall–Kier alpha value is -1.63. The summed E-state index contributed by atoms with van der Waals surface area (Å²) in [6.07, 6.45) is 3.17. The number of phenolic OH excluding ortho intramolecular Hbond substituents is 1. The lowest BCUT2D eigenvalue weighted by Gasteiger charge is -2.39. The third-order valence-corrected chi connectivity index (χ3v) is 5.09. The smallest absolute Gasteiger partial charge is 0.251 e. The van der Waals surface area contributed by atoms with Crippen LogP contribution < -0.4 is 5.32 Å². The van der Waals surface area contributed by atoms with E-state index in [1.54, 1.807) is 25.1 Å². The second kappa shape index (κ2) is 8.65. The summed E-state index contributed by atoms with van der Waals surface area (Å²) in [5.41, 5.74) is 1.28. The number of rotatable bonds is 5. The second-order valence-electron chi connectivity index (χ2n) is 6.88. The number of hydrogen-bond acceptors (Lipinski definition) is 5. The van der Waals surface area contributed by atoms with Gasteiger partial charge in [-0.25, -0.2) is 0 Å². The summed E-state index contributed by atoms with van der Waals surface area (Å²) >= 11 is 0. The number of morpholine rings is 1. The highest BCUT2D eigenvalue weighted by Gasteiger charge is 2.27. The molecule has 2 fully saturated rings. The van der Waals surface area contributed by atoms with Gasteiger partial charge in [0.05, 0.1) is 12.7 Å². The summed E-state index contributed by atoms with van der Waals surface area (Å²) in [5.74, 6) is 0.0977. The Morgan fingerprint density at radius 1 is 1.32 bits per heavy atom. The van der Waals surface area contributed by atoms with Crippen molar-refractivity contribution in [1.82, 2.24) is 10.2 Å². The zero-order valence-corrected chi connectivity index (χ0v) is 14.9. The molecule has 138 valence electrons. The average molecular weight is 348 g/mol. The predicted octanol–water partition coefficient (Wildman–Crippen LogP) is 1.70. The van der Waals surface area contributed by atoms with Crippen LogP contribution in [0.3, 0.4) is 0 Å². The van der Waals surface area contributed by atoms with Crippen LogP contribution >= 0.6 is 0 Å². The van der Waals surface area contributed by atoms with Crippen molar-refractivity contribution in [2.45, 2.75) is 38.3 Å². The van der Waals surface area contributed by atoms with E-state index >= 15 is 0 Å². The lowest BCUT2D eigenvalue weighted by atomic mass is 10.0. The quantitative estimate of drug-likeness (QED) is 0.847. The second-order valence-corrected chi connectivity index (χ2v) is 6.88. The minimum atomic E-state index is -0.111. The summed E-state index contributed by atoms with van der Waals surface area (Å²) in [4.78, 5) is 14.7. The predicted molar refractivity (Wildman–Crippen MR) is 94.9 cm³/mol. The van der Waals surface area contributed by atoms with E-state index < -0.39 is 0 Å². The molecule has 2 heterocycles. The molecule has 0 radical (unpaired) electrons. The fourth-order valence-corrected chi connectivity index (χ4v) is 3.54. The first kappa shape index (κ1) is 18.2. The van der Waals surface area contributed by atoms with Gasteiger partial charge in [-0.1, -0.05) is 0 Å². The van der Waals surface area contributed by atoms with E-state index in [1.807, 2.05) is 0 Å². The van der Waals surface area contributed by atoms with Gasteiger partial charge in [0.1, 0.15) is 5.75 Å². The summed E-state index contributed by atoms with van der Waals surface area (Å²) < 4.78 is 11.3. The van der Waals surface area contributed by atoms with E-state index in [0.717, 1.165) is 52.2 Å². The number of carbonyl (C=O) groups is 1. The molecule has 1 aromatic rings. The average Bonchev–Trinajstić information content (AvgIpc) is 2.65. The first-order valence-corrected chi connectivity index (χ1v) is 9.14. The Kier molecular flexibility index (Phi) is 6.29. The molecule has 2 saturated heterocycles. The normalized spacial score (nSPS) is 22.7. The number of carbonyl (C=O) groups excluding carboxylic acids is 1. The molecule has 2 aliphatic heterocycles. The highest BCUT2D eigenvalue weighted by Crippen LogP contribution is 2.19. The number of phenols is 1. The van der Waals surface area contributed by atoms with E-state index in [2.05, 4.69) is 10.2 Å². The number of benzene rings is 1. The molecule has 2 N–H and O–H groups in total. The minimum Gasteiger partial charge on any atom is -0.508 e. The number of nitrogens with one attached hydrogen (secondary N) is 1. The monoisotopic (exact) mass is 348 g/mol. The number of hydrogen-bond donors (Lipinski definition) is 2. The number of nitrogens with zero attached hydrogens (tertiary/aromatic N) is 1. The van der Waals surface area contributed by atoms with Gasteiger partial charge in [-0.2, -0.15) is 0 Å². The summed E-state index contributed by atoms with van der Waals surface area (Å²) in [7, 11) is 0. The zero-order chi connectivity index (χ0) is 17.6. The van der Waals surface area contributed by atoms with Gasteiger partial charge in [0, 0.05) is 44.5 Å². The van der Waals surface area contributed by atoms with Gasteiger partial charge in [0.25, 0.3) is 5.91 Å². The van der Waals surface area contributed by atoms with Gasteiger partial charge in [-0.3, -0.25) is 9.69 Å². The fraction of sp³-hybridized carbons (Fsp3) is 0.632. The van der Waals surface area contributed by atoms with Crippen molar-refractivity contribution in [3.05, 3.63) is 29.3 Å². The maximum Gasteiger partial charge on any atom is 0.251 e. The standard InChI is InChI=1S/C19H28N2O4/c1-14-12-15(2-3-18(14)22)19(23)20-7-4-17-13-21(8-11-25-17)16-5-9-24-10-6-16/h2-3,12,16-17,22H,4-11,13H2,1H3,(H,20,23). The van der Waals surface area contributed by atoms with Crippen LogP contribution in [-0.2, 0) is 9.47 Å². The molecule has 25 heavy (non-hydrogen) atoms. The topological polar surface area (TPSA) is 71.0 Å². The van der Waals surface area contributed by atoms with Crippen LogP contribution in [0.1, 0.15) is 35.2 Å². The number of aryl methyl sites for hydroxylation is 1. The summed E-state index contributed by atoms with van der Waals surface area (Å²) in [6, 6.07) is 5.51. The molecule has 0 aliphatic carbocycles.